The Hall–Kier alpha value is -3.97. The standard InChI is InChI=1S/C25H19ClFN5O/c1-16(33)30-22-6-5-18(10-21(22)24-12-28-25-4-2-3-7-32(24)25)23-14-31(15-29-23)13-17-8-19(26)11-20(27)9-17/h2-12,14-15H,13H2,1H3,(H,30,33). The number of nitrogens with one attached hydrogen (secondary N) is 1. The largest absolute Gasteiger partial charge is 0.332 e. The van der Waals surface area contributed by atoms with Crippen molar-refractivity contribution in [2.75, 3.05) is 5.32 Å². The molecule has 8 heteroatoms. The van der Waals surface area contributed by atoms with E-state index in [9.17, 15) is 9.18 Å². The Bertz CT molecular complexity index is 1470. The molecule has 0 spiro atoms. The molecule has 0 unspecified atom stereocenters. The van der Waals surface area contributed by atoms with E-state index in [4.69, 9.17) is 11.6 Å². The van der Waals surface area contributed by atoms with Crippen LogP contribution in [0.3, 0.4) is 0 Å². The lowest BCUT2D eigenvalue weighted by atomic mass is 10.0. The molecule has 1 amide bonds. The molecule has 0 fully saturated rings. The van der Waals surface area contributed by atoms with Crippen molar-refractivity contribution in [2.24, 2.45) is 0 Å². The van der Waals surface area contributed by atoms with Crippen molar-refractivity contribution < 1.29 is 9.18 Å². The lowest BCUT2D eigenvalue weighted by Gasteiger charge is -2.12. The monoisotopic (exact) mass is 459 g/mol. The molecule has 0 aliphatic rings. The maximum atomic E-state index is 13.7. The van der Waals surface area contributed by atoms with Crippen molar-refractivity contribution in [3.63, 3.8) is 0 Å². The first kappa shape index (κ1) is 20.9. The van der Waals surface area contributed by atoms with Gasteiger partial charge < -0.3 is 9.88 Å². The quantitative estimate of drug-likeness (QED) is 0.368. The number of hydrogen-bond donors (Lipinski definition) is 1. The van der Waals surface area contributed by atoms with Gasteiger partial charge in [-0.25, -0.2) is 14.4 Å². The van der Waals surface area contributed by atoms with Crippen LogP contribution in [0.2, 0.25) is 5.02 Å². The van der Waals surface area contributed by atoms with Crippen LogP contribution in [0.25, 0.3) is 28.2 Å². The molecule has 0 saturated heterocycles. The Kier molecular flexibility index (Phi) is 5.40. The first-order valence-electron chi connectivity index (χ1n) is 10.3. The van der Waals surface area contributed by atoms with E-state index < -0.39 is 0 Å². The number of anilines is 1. The summed E-state index contributed by atoms with van der Waals surface area (Å²) >= 11 is 5.97. The van der Waals surface area contributed by atoms with Crippen LogP contribution >= 0.6 is 11.6 Å². The zero-order chi connectivity index (χ0) is 22.9. The molecule has 0 aliphatic carbocycles. The maximum Gasteiger partial charge on any atom is 0.221 e. The summed E-state index contributed by atoms with van der Waals surface area (Å²) < 4.78 is 17.5. The van der Waals surface area contributed by atoms with Crippen molar-refractivity contribution in [3.05, 3.63) is 95.9 Å². The molecule has 5 rings (SSSR count). The molecule has 0 radical (unpaired) electrons. The van der Waals surface area contributed by atoms with Crippen molar-refractivity contribution in [3.8, 4) is 22.5 Å². The number of imidazole rings is 2. The topological polar surface area (TPSA) is 64.2 Å². The van der Waals surface area contributed by atoms with Gasteiger partial charge in [-0.05, 0) is 48.0 Å². The lowest BCUT2D eigenvalue weighted by Crippen LogP contribution is -2.07. The molecule has 33 heavy (non-hydrogen) atoms. The van der Waals surface area contributed by atoms with Gasteiger partial charge in [-0.2, -0.15) is 0 Å². The average Bonchev–Trinajstić information content (AvgIpc) is 3.40. The Morgan fingerprint density at radius 2 is 2.00 bits per heavy atom. The Morgan fingerprint density at radius 3 is 2.82 bits per heavy atom. The Balaban J connectivity index is 1.53. The number of benzene rings is 2. The number of nitrogens with zero attached hydrogens (tertiary/aromatic N) is 4. The minimum absolute atomic E-state index is 0.157. The second kappa shape index (κ2) is 8.52. The summed E-state index contributed by atoms with van der Waals surface area (Å²) in [5, 5.41) is 3.26. The van der Waals surface area contributed by atoms with Crippen LogP contribution < -0.4 is 5.32 Å². The third kappa shape index (κ3) is 4.36. The first-order valence-corrected chi connectivity index (χ1v) is 10.7. The molecular weight excluding hydrogens is 441 g/mol. The third-order valence-electron chi connectivity index (χ3n) is 5.24. The van der Waals surface area contributed by atoms with Crippen molar-refractivity contribution >= 4 is 28.8 Å². The van der Waals surface area contributed by atoms with Gasteiger partial charge in [-0.3, -0.25) is 9.20 Å². The number of aromatic nitrogens is 4. The van der Waals surface area contributed by atoms with E-state index in [2.05, 4.69) is 15.3 Å². The molecule has 0 bridgehead atoms. The number of rotatable bonds is 5. The van der Waals surface area contributed by atoms with Crippen molar-refractivity contribution in [1.82, 2.24) is 18.9 Å². The van der Waals surface area contributed by atoms with Gasteiger partial charge in [-0.15, -0.1) is 0 Å². The van der Waals surface area contributed by atoms with Crippen LogP contribution in [0, 0.1) is 5.82 Å². The van der Waals surface area contributed by atoms with E-state index >= 15 is 0 Å². The average molecular weight is 460 g/mol. The van der Waals surface area contributed by atoms with Gasteiger partial charge in [0.05, 0.1) is 29.6 Å². The summed E-state index contributed by atoms with van der Waals surface area (Å²) in [7, 11) is 0. The fraction of sp³-hybridized carbons (Fsp3) is 0.0800. The highest BCUT2D eigenvalue weighted by atomic mass is 35.5. The zero-order valence-corrected chi connectivity index (χ0v) is 18.4. The SMILES string of the molecule is CC(=O)Nc1ccc(-c2cn(Cc3cc(F)cc(Cl)c3)cn2)cc1-c1cnc2ccccn12. The van der Waals surface area contributed by atoms with Crippen LogP contribution in [0.5, 0.6) is 0 Å². The van der Waals surface area contributed by atoms with Gasteiger partial charge in [0.15, 0.2) is 0 Å². The zero-order valence-electron chi connectivity index (χ0n) is 17.7. The molecule has 3 heterocycles. The summed E-state index contributed by atoms with van der Waals surface area (Å²) in [6.07, 6.45) is 7.31. The van der Waals surface area contributed by atoms with Crippen LogP contribution in [-0.2, 0) is 11.3 Å². The number of carbonyl (C=O) groups excluding carboxylic acids is 1. The maximum absolute atomic E-state index is 13.7. The van der Waals surface area contributed by atoms with Gasteiger partial charge in [0, 0.05) is 42.0 Å². The van der Waals surface area contributed by atoms with E-state index in [-0.39, 0.29) is 11.7 Å². The summed E-state index contributed by atoms with van der Waals surface area (Å²) in [6, 6.07) is 16.0. The number of hydrogen-bond acceptors (Lipinski definition) is 3. The van der Waals surface area contributed by atoms with Gasteiger partial charge >= 0.3 is 0 Å². The van der Waals surface area contributed by atoms with E-state index in [0.717, 1.165) is 33.7 Å². The van der Waals surface area contributed by atoms with Crippen molar-refractivity contribution in [1.29, 1.82) is 0 Å². The number of pyridine rings is 1. The number of halogens is 2. The predicted molar refractivity (Wildman–Crippen MR) is 127 cm³/mol. The molecule has 3 aromatic heterocycles. The molecule has 0 aliphatic heterocycles. The second-order valence-corrected chi connectivity index (χ2v) is 8.16. The summed E-state index contributed by atoms with van der Waals surface area (Å²) in [5.41, 5.74) is 5.55. The van der Waals surface area contributed by atoms with Crippen LogP contribution in [0.4, 0.5) is 10.1 Å². The number of amides is 1. The Labute approximate surface area is 194 Å². The normalized spacial score (nSPS) is 11.1. The molecule has 0 saturated carbocycles. The highest BCUT2D eigenvalue weighted by molar-refractivity contribution is 6.30. The molecular formula is C25H19ClFN5O. The fourth-order valence-corrected chi connectivity index (χ4v) is 4.10. The second-order valence-electron chi connectivity index (χ2n) is 7.72. The smallest absolute Gasteiger partial charge is 0.221 e. The van der Waals surface area contributed by atoms with Crippen LogP contribution in [0.15, 0.2) is 79.5 Å². The van der Waals surface area contributed by atoms with Gasteiger partial charge in [0.25, 0.3) is 0 Å². The highest BCUT2D eigenvalue weighted by Crippen LogP contribution is 2.33. The molecule has 6 nitrogen and oxygen atoms in total. The Morgan fingerprint density at radius 1 is 1.12 bits per heavy atom. The van der Waals surface area contributed by atoms with E-state index in [1.165, 1.54) is 19.1 Å². The predicted octanol–water partition coefficient (Wildman–Crippen LogP) is 5.66. The number of fused-ring (bicyclic) bond motifs is 1. The summed E-state index contributed by atoms with van der Waals surface area (Å²) in [6.45, 7) is 1.92. The molecule has 2 aromatic carbocycles. The fourth-order valence-electron chi connectivity index (χ4n) is 3.85. The third-order valence-corrected chi connectivity index (χ3v) is 5.46. The van der Waals surface area contributed by atoms with E-state index in [1.54, 1.807) is 18.6 Å². The summed E-state index contributed by atoms with van der Waals surface area (Å²) in [5.74, 6) is -0.528. The molecule has 5 aromatic rings. The highest BCUT2D eigenvalue weighted by Gasteiger charge is 2.14. The molecule has 0 atom stereocenters. The van der Waals surface area contributed by atoms with Crippen LogP contribution in [-0.4, -0.2) is 24.8 Å². The molecule has 164 valence electrons. The van der Waals surface area contributed by atoms with Crippen molar-refractivity contribution in [2.45, 2.75) is 13.5 Å². The minimum Gasteiger partial charge on any atom is -0.332 e. The first-order chi connectivity index (χ1) is 16.0. The van der Waals surface area contributed by atoms with E-state index in [1.807, 2.05) is 57.8 Å². The van der Waals surface area contributed by atoms with Gasteiger partial charge in [0.1, 0.15) is 11.5 Å². The van der Waals surface area contributed by atoms with Gasteiger partial charge in [0.2, 0.25) is 5.91 Å². The van der Waals surface area contributed by atoms with Gasteiger partial charge in [-0.1, -0.05) is 23.7 Å². The minimum atomic E-state index is -0.371. The van der Waals surface area contributed by atoms with E-state index in [0.29, 0.717) is 17.3 Å². The lowest BCUT2D eigenvalue weighted by molar-refractivity contribution is -0.114. The molecule has 1 N–H and O–H groups in total. The number of carbonyl (C=O) groups is 1. The van der Waals surface area contributed by atoms with Crippen LogP contribution in [0.1, 0.15) is 12.5 Å². The summed E-state index contributed by atoms with van der Waals surface area (Å²) in [4.78, 5) is 20.8.